The molecule has 4 aromatic rings. The normalized spacial score (nSPS) is 20.5. The number of fused-ring (bicyclic) bond motifs is 1. The lowest BCUT2D eigenvalue weighted by molar-refractivity contribution is -0.137. The number of aliphatic hydroxyl groups excluding tert-OH is 1. The maximum Gasteiger partial charge on any atom is 0.416 e. The van der Waals surface area contributed by atoms with Gasteiger partial charge in [-0.15, -0.1) is 0 Å². The lowest BCUT2D eigenvalue weighted by atomic mass is 9.86. The molecule has 0 bridgehead atoms. The molecule has 51 heavy (non-hydrogen) atoms. The first-order chi connectivity index (χ1) is 24.6. The van der Waals surface area contributed by atoms with Gasteiger partial charge in [0.2, 0.25) is 11.9 Å². The molecular formula is C36H39F3N8O4. The number of nitrogens with zero attached hydrogens (tertiary/aromatic N) is 6. The molecule has 0 radical (unpaired) electrons. The zero-order valence-corrected chi connectivity index (χ0v) is 27.9. The van der Waals surface area contributed by atoms with Gasteiger partial charge in [-0.25, -0.2) is 9.78 Å². The Hall–Kier alpha value is -5.02. The predicted octanol–water partition coefficient (Wildman–Crippen LogP) is 5.19. The zero-order chi connectivity index (χ0) is 35.7. The molecule has 3 fully saturated rings. The summed E-state index contributed by atoms with van der Waals surface area (Å²) in [6, 6.07) is 13.7. The van der Waals surface area contributed by atoms with Gasteiger partial charge in [-0.1, -0.05) is 6.07 Å². The third kappa shape index (κ3) is 7.54. The van der Waals surface area contributed by atoms with Gasteiger partial charge in [-0.05, 0) is 80.1 Å². The van der Waals surface area contributed by atoms with Crippen molar-refractivity contribution in [3.63, 3.8) is 0 Å². The Kier molecular flexibility index (Phi) is 9.66. The summed E-state index contributed by atoms with van der Waals surface area (Å²) >= 11 is 0. The maximum atomic E-state index is 13.4. The first-order valence-corrected chi connectivity index (χ1v) is 17.2. The van der Waals surface area contributed by atoms with Crippen LogP contribution in [0.15, 0.2) is 60.8 Å². The van der Waals surface area contributed by atoms with Gasteiger partial charge in [0, 0.05) is 69.6 Å². The number of imidazole rings is 1. The molecule has 2 aromatic heterocycles. The molecule has 7 rings (SSSR count). The third-order valence-corrected chi connectivity index (χ3v) is 10.1. The number of urea groups is 1. The topological polar surface area (TPSA) is 136 Å². The van der Waals surface area contributed by atoms with Crippen molar-refractivity contribution >= 4 is 46.2 Å². The highest BCUT2D eigenvalue weighted by Crippen LogP contribution is 2.38. The van der Waals surface area contributed by atoms with Crippen LogP contribution in [-0.2, 0) is 17.5 Å². The van der Waals surface area contributed by atoms with E-state index in [2.05, 4.69) is 25.4 Å². The van der Waals surface area contributed by atoms with Crippen LogP contribution < -0.4 is 20.4 Å². The number of alkyl halides is 3. The van der Waals surface area contributed by atoms with Crippen molar-refractivity contribution in [1.29, 1.82) is 0 Å². The maximum absolute atomic E-state index is 13.4. The minimum Gasteiger partial charge on any atom is -0.396 e. The number of aromatic nitrogens is 3. The van der Waals surface area contributed by atoms with Crippen LogP contribution in [0.25, 0.3) is 11.0 Å². The average molecular weight is 705 g/mol. The zero-order valence-electron chi connectivity index (χ0n) is 27.9. The Balaban J connectivity index is 1.05. The molecule has 3 aliphatic rings. The number of carbonyl (C=O) groups excluding carboxylic acids is 3. The van der Waals surface area contributed by atoms with E-state index >= 15 is 0 Å². The number of carbonyl (C=O) groups is 3. The minimum atomic E-state index is -4.57. The van der Waals surface area contributed by atoms with E-state index in [-0.39, 0.29) is 42.4 Å². The largest absolute Gasteiger partial charge is 0.416 e. The summed E-state index contributed by atoms with van der Waals surface area (Å²) < 4.78 is 42.1. The van der Waals surface area contributed by atoms with E-state index in [1.54, 1.807) is 6.20 Å². The summed E-state index contributed by atoms with van der Waals surface area (Å²) in [6.45, 7) is 4.20. The third-order valence-electron chi connectivity index (χ3n) is 10.1. The second kappa shape index (κ2) is 14.3. The number of hydrogen-bond acceptors (Lipinski definition) is 8. The molecule has 4 amide bonds. The second-order valence-corrected chi connectivity index (χ2v) is 13.4. The highest BCUT2D eigenvalue weighted by Gasteiger charge is 2.32. The summed E-state index contributed by atoms with van der Waals surface area (Å²) in [4.78, 5) is 52.4. The van der Waals surface area contributed by atoms with Gasteiger partial charge in [-0.2, -0.15) is 13.2 Å². The lowest BCUT2D eigenvalue weighted by Gasteiger charge is -2.36. The number of benzene rings is 2. The minimum absolute atomic E-state index is 0.00730. The van der Waals surface area contributed by atoms with Crippen molar-refractivity contribution in [3.05, 3.63) is 77.6 Å². The van der Waals surface area contributed by atoms with E-state index in [1.807, 2.05) is 34.9 Å². The molecule has 0 unspecified atom stereocenters. The molecule has 1 saturated carbocycles. The van der Waals surface area contributed by atoms with E-state index in [1.165, 1.54) is 17.0 Å². The number of piperazine rings is 1. The molecule has 268 valence electrons. The average Bonchev–Trinajstić information content (AvgIpc) is 3.49. The van der Waals surface area contributed by atoms with E-state index in [9.17, 15) is 32.7 Å². The summed E-state index contributed by atoms with van der Waals surface area (Å²) in [5.41, 5.74) is 2.99. The Morgan fingerprint density at radius 2 is 1.71 bits per heavy atom. The number of imide groups is 1. The monoisotopic (exact) mass is 704 g/mol. The van der Waals surface area contributed by atoms with Crippen molar-refractivity contribution < 1.29 is 32.7 Å². The SMILES string of the molecule is O=C1CCN(c2ccc(CN3CCN(c4ccc5c(c4)nc(NC(=O)c4cccc(C(F)(F)F)c4)n5C4CCC(CO)CC4)CC3)nc2)C(=O)N1. The van der Waals surface area contributed by atoms with Gasteiger partial charge in [0.05, 0.1) is 34.2 Å². The van der Waals surface area contributed by atoms with E-state index < -0.39 is 23.7 Å². The fourth-order valence-electron chi connectivity index (χ4n) is 7.21. The standard InChI is InChI=1S/C36H39F3N8O4/c37-36(38,39)25-3-1-2-24(18-25)33(50)43-34-41-30-19-28(10-11-31(30)47(34)27-7-4-23(22-48)5-8-27)45-16-14-44(15-17-45)21-26-6-9-29(20-40-26)46-13-12-32(49)42-35(46)51/h1-3,6,9-11,18-20,23,27,48H,4-5,7-8,12-17,21-22H2,(H,41,43,50)(H,42,49,51). The Bertz CT molecular complexity index is 1920. The molecule has 2 aliphatic heterocycles. The summed E-state index contributed by atoms with van der Waals surface area (Å²) in [5, 5.41) is 14.8. The molecule has 1 aliphatic carbocycles. The van der Waals surface area contributed by atoms with Gasteiger partial charge >= 0.3 is 12.2 Å². The van der Waals surface area contributed by atoms with Crippen LogP contribution in [0.5, 0.6) is 0 Å². The molecule has 2 saturated heterocycles. The smallest absolute Gasteiger partial charge is 0.396 e. The number of halogens is 3. The number of anilines is 3. The number of pyridine rings is 1. The van der Waals surface area contributed by atoms with Crippen LogP contribution in [0.2, 0.25) is 0 Å². The highest BCUT2D eigenvalue weighted by atomic mass is 19.4. The molecule has 0 atom stereocenters. The molecular weight excluding hydrogens is 665 g/mol. The molecule has 2 aromatic carbocycles. The van der Waals surface area contributed by atoms with Crippen LogP contribution in [-0.4, -0.2) is 81.7 Å². The Morgan fingerprint density at radius 3 is 2.39 bits per heavy atom. The number of amides is 4. The number of hydrogen-bond donors (Lipinski definition) is 3. The summed E-state index contributed by atoms with van der Waals surface area (Å²) in [7, 11) is 0. The van der Waals surface area contributed by atoms with Gasteiger partial charge < -0.3 is 14.6 Å². The van der Waals surface area contributed by atoms with Crippen molar-refractivity contribution in [2.24, 2.45) is 5.92 Å². The van der Waals surface area contributed by atoms with Gasteiger partial charge in [0.25, 0.3) is 5.91 Å². The molecule has 4 heterocycles. The van der Waals surface area contributed by atoms with Crippen molar-refractivity contribution in [2.75, 3.05) is 54.4 Å². The van der Waals surface area contributed by atoms with Gasteiger partial charge in [-0.3, -0.25) is 35.0 Å². The van der Waals surface area contributed by atoms with Crippen molar-refractivity contribution in [2.45, 2.75) is 50.9 Å². The molecule has 15 heteroatoms. The van der Waals surface area contributed by atoms with Gasteiger partial charge in [0.1, 0.15) is 0 Å². The first kappa shape index (κ1) is 34.4. The summed E-state index contributed by atoms with van der Waals surface area (Å²) in [5.74, 6) is -0.446. The first-order valence-electron chi connectivity index (χ1n) is 17.2. The summed E-state index contributed by atoms with van der Waals surface area (Å²) in [6.07, 6.45) is 0.530. The number of aliphatic hydroxyl groups is 1. The van der Waals surface area contributed by atoms with Crippen LogP contribution in [0.3, 0.4) is 0 Å². The van der Waals surface area contributed by atoms with Crippen molar-refractivity contribution in [3.8, 4) is 0 Å². The van der Waals surface area contributed by atoms with Gasteiger partial charge in [0.15, 0.2) is 0 Å². The fraction of sp³-hybridized carbons (Fsp3) is 0.417. The van der Waals surface area contributed by atoms with E-state index in [0.29, 0.717) is 24.3 Å². The molecule has 3 N–H and O–H groups in total. The second-order valence-electron chi connectivity index (χ2n) is 13.4. The van der Waals surface area contributed by atoms with Crippen LogP contribution >= 0.6 is 0 Å². The van der Waals surface area contributed by atoms with Crippen LogP contribution in [0, 0.1) is 5.92 Å². The lowest BCUT2D eigenvalue weighted by Crippen LogP contribution is -2.49. The Morgan fingerprint density at radius 1 is 0.941 bits per heavy atom. The fourth-order valence-corrected chi connectivity index (χ4v) is 7.21. The van der Waals surface area contributed by atoms with Crippen LogP contribution in [0.1, 0.15) is 59.8 Å². The highest BCUT2D eigenvalue weighted by molar-refractivity contribution is 6.05. The number of rotatable bonds is 8. The Labute approximate surface area is 292 Å². The van der Waals surface area contributed by atoms with E-state index in [0.717, 1.165) is 80.9 Å². The quantitative estimate of drug-likeness (QED) is 0.228. The van der Waals surface area contributed by atoms with Crippen LogP contribution in [0.4, 0.5) is 35.3 Å². The van der Waals surface area contributed by atoms with Crippen molar-refractivity contribution in [1.82, 2.24) is 24.8 Å². The van der Waals surface area contributed by atoms with E-state index in [4.69, 9.17) is 4.98 Å². The number of nitrogens with one attached hydrogen (secondary N) is 2. The predicted molar refractivity (Wildman–Crippen MR) is 184 cm³/mol. The molecule has 12 nitrogen and oxygen atoms in total. The molecule has 0 spiro atoms.